The van der Waals surface area contributed by atoms with Crippen LogP contribution in [0.4, 0.5) is 0 Å². The Morgan fingerprint density at radius 3 is 1.59 bits per heavy atom. The normalized spacial score (nSPS) is 15.1. The number of nitrogens with one attached hydrogen (secondary N) is 1. The monoisotopic (exact) mass is 527 g/mol. The topological polar surface area (TPSA) is 110 Å². The average molecular weight is 528 g/mol. The zero-order valence-corrected chi connectivity index (χ0v) is 24.2. The summed E-state index contributed by atoms with van der Waals surface area (Å²) < 4.78 is 0. The van der Waals surface area contributed by atoms with Crippen molar-refractivity contribution in [3.63, 3.8) is 0 Å². The third kappa shape index (κ3) is 21.7. The summed E-state index contributed by atoms with van der Waals surface area (Å²) in [6, 6.07) is -0.979. The van der Waals surface area contributed by atoms with Gasteiger partial charge in [0.25, 0.3) is 0 Å². The van der Waals surface area contributed by atoms with E-state index in [1.165, 1.54) is 83.5 Å². The van der Waals surface area contributed by atoms with E-state index in [0.29, 0.717) is 12.8 Å². The Kier molecular flexibility index (Phi) is 26.0. The Morgan fingerprint density at radius 1 is 0.649 bits per heavy atom. The number of hydrogen-bond donors (Lipinski definition) is 5. The number of aliphatic hydroxyl groups excluding tert-OH is 4. The first-order chi connectivity index (χ1) is 18.0. The second-order valence-corrected chi connectivity index (χ2v) is 10.8. The van der Waals surface area contributed by atoms with Crippen LogP contribution in [0.5, 0.6) is 0 Å². The van der Waals surface area contributed by atoms with E-state index in [-0.39, 0.29) is 0 Å². The summed E-state index contributed by atoms with van der Waals surface area (Å²) in [5.74, 6) is -0.602. The molecular weight excluding hydrogens is 466 g/mol. The minimum atomic E-state index is -1.25. The quantitative estimate of drug-likeness (QED) is 0.0633. The first-order valence-electron chi connectivity index (χ1n) is 15.6. The zero-order valence-electron chi connectivity index (χ0n) is 24.2. The molecule has 5 N–H and O–H groups in total. The predicted octanol–water partition coefficient (Wildman–Crippen LogP) is 6.33. The minimum Gasteiger partial charge on any atom is -0.394 e. The Labute approximate surface area is 228 Å². The number of hydrogen-bond acceptors (Lipinski definition) is 5. The van der Waals surface area contributed by atoms with Crippen LogP contribution in [0.25, 0.3) is 0 Å². The lowest BCUT2D eigenvalue weighted by Gasteiger charge is -2.27. The number of carbonyl (C=O) groups is 1. The smallest absolute Gasteiger partial charge is 0.249 e. The van der Waals surface area contributed by atoms with Crippen molar-refractivity contribution in [2.24, 2.45) is 0 Å². The molecule has 0 heterocycles. The molecule has 0 aliphatic heterocycles. The highest BCUT2D eigenvalue weighted by Gasteiger charge is 2.28. The maximum atomic E-state index is 12.2. The van der Waals surface area contributed by atoms with E-state index >= 15 is 0 Å². The summed E-state index contributed by atoms with van der Waals surface area (Å²) in [7, 11) is 0. The lowest BCUT2D eigenvalue weighted by molar-refractivity contribution is -0.132. The second-order valence-electron chi connectivity index (χ2n) is 10.8. The van der Waals surface area contributed by atoms with Crippen LogP contribution in [-0.4, -0.2) is 57.3 Å². The Bertz CT molecular complexity index is 528. The van der Waals surface area contributed by atoms with Gasteiger partial charge in [-0.25, -0.2) is 0 Å². The maximum Gasteiger partial charge on any atom is 0.249 e. The standard InChI is InChI=1S/C31H61NO5/c1-3-5-7-8-9-10-11-12-13-14-15-16-17-18-19-20-21-22-23-25-29(35)31(37)32-27(26-33)30(36)28(34)24-6-4-2/h15-16,27-30,33-36H,3-14,17-26H2,1-2H3,(H,32,37)/b16-15-. The molecule has 0 aromatic carbocycles. The summed E-state index contributed by atoms with van der Waals surface area (Å²) in [5.41, 5.74) is 0. The van der Waals surface area contributed by atoms with Crippen LogP contribution in [0.1, 0.15) is 149 Å². The highest BCUT2D eigenvalue weighted by atomic mass is 16.3. The molecule has 0 radical (unpaired) electrons. The molecule has 0 aromatic heterocycles. The molecule has 220 valence electrons. The second kappa shape index (κ2) is 26.6. The molecule has 4 atom stereocenters. The third-order valence-electron chi connectivity index (χ3n) is 7.23. The van der Waals surface area contributed by atoms with Crippen molar-refractivity contribution in [2.45, 2.75) is 173 Å². The largest absolute Gasteiger partial charge is 0.394 e. The van der Waals surface area contributed by atoms with Crippen molar-refractivity contribution in [2.75, 3.05) is 6.61 Å². The molecule has 0 fully saturated rings. The summed E-state index contributed by atoms with van der Waals surface area (Å²) in [6.07, 6.45) is 24.9. The molecule has 6 nitrogen and oxygen atoms in total. The van der Waals surface area contributed by atoms with Gasteiger partial charge in [-0.1, -0.05) is 122 Å². The van der Waals surface area contributed by atoms with Crippen molar-refractivity contribution < 1.29 is 25.2 Å². The van der Waals surface area contributed by atoms with Crippen LogP contribution in [-0.2, 0) is 4.79 Å². The number of aliphatic hydroxyl groups is 4. The highest BCUT2D eigenvalue weighted by molar-refractivity contribution is 5.80. The minimum absolute atomic E-state index is 0.361. The van der Waals surface area contributed by atoms with E-state index in [4.69, 9.17) is 0 Å². The van der Waals surface area contributed by atoms with E-state index in [1.54, 1.807) is 0 Å². The lowest BCUT2D eigenvalue weighted by atomic mass is 10.0. The van der Waals surface area contributed by atoms with Gasteiger partial charge in [0.1, 0.15) is 12.2 Å². The molecule has 0 bridgehead atoms. The molecule has 0 saturated heterocycles. The molecule has 6 heteroatoms. The number of carbonyl (C=O) groups excluding carboxylic acids is 1. The Morgan fingerprint density at radius 2 is 1.11 bits per heavy atom. The van der Waals surface area contributed by atoms with E-state index in [9.17, 15) is 25.2 Å². The zero-order chi connectivity index (χ0) is 27.6. The molecule has 0 spiro atoms. The third-order valence-corrected chi connectivity index (χ3v) is 7.23. The van der Waals surface area contributed by atoms with Crippen molar-refractivity contribution in [3.8, 4) is 0 Å². The van der Waals surface area contributed by atoms with Crippen LogP contribution in [0.3, 0.4) is 0 Å². The molecule has 0 rings (SSSR count). The van der Waals surface area contributed by atoms with Crippen LogP contribution in [0, 0.1) is 0 Å². The van der Waals surface area contributed by atoms with Crippen LogP contribution in [0.2, 0.25) is 0 Å². The fourth-order valence-electron chi connectivity index (χ4n) is 4.62. The Hall–Kier alpha value is -0.950. The fourth-order valence-corrected chi connectivity index (χ4v) is 4.62. The van der Waals surface area contributed by atoms with Gasteiger partial charge in [-0.15, -0.1) is 0 Å². The first kappa shape index (κ1) is 36.0. The van der Waals surface area contributed by atoms with E-state index in [2.05, 4.69) is 24.4 Å². The first-order valence-corrected chi connectivity index (χ1v) is 15.6. The predicted molar refractivity (Wildman–Crippen MR) is 154 cm³/mol. The maximum absolute atomic E-state index is 12.2. The van der Waals surface area contributed by atoms with Crippen LogP contribution in [0.15, 0.2) is 12.2 Å². The molecule has 0 aliphatic carbocycles. The van der Waals surface area contributed by atoms with E-state index in [0.717, 1.165) is 38.5 Å². The molecule has 4 unspecified atom stereocenters. The van der Waals surface area contributed by atoms with Gasteiger partial charge < -0.3 is 25.7 Å². The van der Waals surface area contributed by atoms with Crippen molar-refractivity contribution in [1.29, 1.82) is 0 Å². The molecule has 0 aromatic rings. The van der Waals surface area contributed by atoms with Crippen LogP contribution >= 0.6 is 0 Å². The molecule has 37 heavy (non-hydrogen) atoms. The fraction of sp³-hybridized carbons (Fsp3) is 0.903. The lowest BCUT2D eigenvalue weighted by Crippen LogP contribution is -2.53. The number of amides is 1. The number of rotatable bonds is 27. The van der Waals surface area contributed by atoms with Crippen molar-refractivity contribution in [1.82, 2.24) is 5.32 Å². The summed E-state index contributed by atoms with van der Waals surface area (Å²) >= 11 is 0. The van der Waals surface area contributed by atoms with Crippen molar-refractivity contribution in [3.05, 3.63) is 12.2 Å². The van der Waals surface area contributed by atoms with Crippen LogP contribution < -0.4 is 5.32 Å². The highest BCUT2D eigenvalue weighted by Crippen LogP contribution is 2.13. The van der Waals surface area contributed by atoms with E-state index < -0.39 is 36.9 Å². The van der Waals surface area contributed by atoms with Gasteiger partial charge >= 0.3 is 0 Å². The van der Waals surface area contributed by atoms with Crippen molar-refractivity contribution >= 4 is 5.91 Å². The Balaban J connectivity index is 3.65. The number of unbranched alkanes of at least 4 members (excludes halogenated alkanes) is 16. The summed E-state index contributed by atoms with van der Waals surface area (Å²) in [6.45, 7) is 3.76. The molecule has 0 saturated carbocycles. The number of allylic oxidation sites excluding steroid dienone is 2. The van der Waals surface area contributed by atoms with Gasteiger partial charge in [0.2, 0.25) is 5.91 Å². The SMILES string of the molecule is CCCCCCCCCCC/C=C\CCCCCCCCC(O)C(=O)NC(CO)C(O)C(O)CCCC. The van der Waals surface area contributed by atoms with Gasteiger partial charge in [0.15, 0.2) is 0 Å². The van der Waals surface area contributed by atoms with E-state index in [1.807, 2.05) is 6.92 Å². The summed E-state index contributed by atoms with van der Waals surface area (Å²) in [5, 5.41) is 42.2. The van der Waals surface area contributed by atoms with Gasteiger partial charge in [-0.2, -0.15) is 0 Å². The molecular formula is C31H61NO5. The molecule has 1 amide bonds. The average Bonchev–Trinajstić information content (AvgIpc) is 2.90. The van der Waals surface area contributed by atoms with Gasteiger partial charge in [-0.3, -0.25) is 4.79 Å². The molecule has 0 aliphatic rings. The van der Waals surface area contributed by atoms with Gasteiger partial charge in [0.05, 0.1) is 18.8 Å². The van der Waals surface area contributed by atoms with Gasteiger partial charge in [-0.05, 0) is 38.5 Å². The summed E-state index contributed by atoms with van der Waals surface area (Å²) in [4.78, 5) is 12.2. The van der Waals surface area contributed by atoms with Gasteiger partial charge in [0, 0.05) is 0 Å².